The molecule has 1 aliphatic rings. The highest BCUT2D eigenvalue weighted by molar-refractivity contribution is 6.52. The molecule has 0 N–H and O–H groups in total. The van der Waals surface area contributed by atoms with Crippen LogP contribution < -0.4 is 0 Å². The second-order valence-corrected chi connectivity index (χ2v) is 4.91. The summed E-state index contributed by atoms with van der Waals surface area (Å²) in [7, 11) is 0. The Kier molecular flexibility index (Phi) is 1.56. The van der Waals surface area contributed by atoms with Crippen LogP contribution in [0, 0.1) is 5.92 Å². The van der Waals surface area contributed by atoms with E-state index in [0.29, 0.717) is 0 Å². The van der Waals surface area contributed by atoms with Crippen molar-refractivity contribution < 1.29 is 4.42 Å². The molecule has 0 bridgehead atoms. The summed E-state index contributed by atoms with van der Waals surface area (Å²) >= 11 is 12.2. The van der Waals surface area contributed by atoms with Gasteiger partial charge in [-0.2, -0.15) is 0 Å². The summed E-state index contributed by atoms with van der Waals surface area (Å²) in [5.74, 6) is 1.12. The van der Waals surface area contributed by atoms with Crippen LogP contribution in [0.1, 0.15) is 19.6 Å². The summed E-state index contributed by atoms with van der Waals surface area (Å²) < 4.78 is 4.64. The van der Waals surface area contributed by atoms with E-state index in [9.17, 15) is 0 Å². The first kappa shape index (κ1) is 8.46. The normalized spacial score (nSPS) is 38.2. The van der Waals surface area contributed by atoms with Gasteiger partial charge in [0.2, 0.25) is 0 Å². The third-order valence-corrected chi connectivity index (χ3v) is 4.49. The van der Waals surface area contributed by atoms with Gasteiger partial charge in [-0.3, -0.25) is 0 Å². The van der Waals surface area contributed by atoms with E-state index >= 15 is 0 Å². The van der Waals surface area contributed by atoms with Crippen molar-refractivity contribution in [3.8, 4) is 0 Å². The first-order chi connectivity index (χ1) is 5.51. The van der Waals surface area contributed by atoms with Crippen LogP contribution in [-0.4, -0.2) is 4.33 Å². The lowest BCUT2D eigenvalue weighted by atomic mass is 10.0. The first-order valence-electron chi connectivity index (χ1n) is 3.93. The molecule has 2 unspecified atom stereocenters. The minimum absolute atomic E-state index is 0.209. The average molecular weight is 205 g/mol. The molecule has 3 heteroatoms. The zero-order valence-corrected chi connectivity index (χ0v) is 8.49. The summed E-state index contributed by atoms with van der Waals surface area (Å²) in [5.41, 5.74) is -0.209. The van der Waals surface area contributed by atoms with E-state index in [1.807, 2.05) is 26.0 Å². The number of hydrogen-bond donors (Lipinski definition) is 0. The number of rotatable bonds is 1. The van der Waals surface area contributed by atoms with E-state index in [-0.39, 0.29) is 11.3 Å². The van der Waals surface area contributed by atoms with E-state index in [4.69, 9.17) is 27.6 Å². The van der Waals surface area contributed by atoms with Crippen LogP contribution in [0.5, 0.6) is 0 Å². The van der Waals surface area contributed by atoms with E-state index in [0.717, 1.165) is 5.76 Å². The van der Waals surface area contributed by atoms with Crippen LogP contribution in [0.4, 0.5) is 0 Å². The Morgan fingerprint density at radius 3 is 2.42 bits per heavy atom. The molecular weight excluding hydrogens is 195 g/mol. The van der Waals surface area contributed by atoms with Gasteiger partial charge < -0.3 is 4.42 Å². The third-order valence-electron chi connectivity index (χ3n) is 3.05. The second-order valence-electron chi connectivity index (χ2n) is 3.52. The van der Waals surface area contributed by atoms with Crippen molar-refractivity contribution in [1.29, 1.82) is 0 Å². The van der Waals surface area contributed by atoms with Crippen LogP contribution in [0.3, 0.4) is 0 Å². The molecule has 0 aliphatic heterocycles. The second kappa shape index (κ2) is 2.21. The molecule has 1 heterocycles. The Hall–Kier alpha value is -0.140. The van der Waals surface area contributed by atoms with Gasteiger partial charge in [0.05, 0.1) is 11.7 Å². The summed E-state index contributed by atoms with van der Waals surface area (Å²) in [6.07, 6.45) is 1.65. The predicted molar refractivity (Wildman–Crippen MR) is 49.7 cm³/mol. The van der Waals surface area contributed by atoms with E-state index in [1.165, 1.54) is 0 Å². The standard InChI is InChI=1S/C9H10Cl2O/c1-6-8(2,9(6,10)11)7-4-3-5-12-7/h3-6H,1-2H3. The number of furan rings is 1. The minimum Gasteiger partial charge on any atom is -0.469 e. The molecule has 2 atom stereocenters. The maximum Gasteiger partial charge on any atom is 0.134 e. The molecule has 0 radical (unpaired) electrons. The fourth-order valence-electron chi connectivity index (χ4n) is 1.69. The zero-order valence-electron chi connectivity index (χ0n) is 6.97. The molecule has 1 aromatic heterocycles. The lowest BCUT2D eigenvalue weighted by molar-refractivity contribution is 0.451. The highest BCUT2D eigenvalue weighted by Crippen LogP contribution is 2.69. The average Bonchev–Trinajstić information content (AvgIpc) is 2.53. The number of halogens is 2. The summed E-state index contributed by atoms with van der Waals surface area (Å²) in [6.45, 7) is 4.05. The summed E-state index contributed by atoms with van der Waals surface area (Å²) in [4.78, 5) is 0. The topological polar surface area (TPSA) is 13.1 Å². The lowest BCUT2D eigenvalue weighted by Crippen LogP contribution is -2.08. The molecule has 1 aliphatic carbocycles. The van der Waals surface area contributed by atoms with Gasteiger partial charge in [-0.15, -0.1) is 23.2 Å². The highest BCUT2D eigenvalue weighted by Gasteiger charge is 2.73. The largest absolute Gasteiger partial charge is 0.469 e. The molecule has 1 aromatic rings. The van der Waals surface area contributed by atoms with Gasteiger partial charge in [-0.1, -0.05) is 6.92 Å². The van der Waals surface area contributed by atoms with Gasteiger partial charge in [-0.25, -0.2) is 0 Å². The van der Waals surface area contributed by atoms with Gasteiger partial charge in [0.15, 0.2) is 0 Å². The van der Waals surface area contributed by atoms with Crippen molar-refractivity contribution in [2.75, 3.05) is 0 Å². The first-order valence-corrected chi connectivity index (χ1v) is 4.68. The lowest BCUT2D eigenvalue weighted by Gasteiger charge is -2.06. The molecule has 12 heavy (non-hydrogen) atoms. The van der Waals surface area contributed by atoms with Crippen LogP contribution >= 0.6 is 23.2 Å². The molecule has 1 nitrogen and oxygen atoms in total. The fraction of sp³-hybridized carbons (Fsp3) is 0.556. The van der Waals surface area contributed by atoms with Crippen molar-refractivity contribution in [3.63, 3.8) is 0 Å². The van der Waals surface area contributed by atoms with Crippen molar-refractivity contribution >= 4 is 23.2 Å². The Balaban J connectivity index is 2.39. The van der Waals surface area contributed by atoms with Crippen LogP contribution in [0.25, 0.3) is 0 Å². The van der Waals surface area contributed by atoms with Crippen LogP contribution in [0.15, 0.2) is 22.8 Å². The van der Waals surface area contributed by atoms with Crippen LogP contribution in [0.2, 0.25) is 0 Å². The molecule has 0 amide bonds. The van der Waals surface area contributed by atoms with E-state index in [2.05, 4.69) is 0 Å². The molecule has 66 valence electrons. The molecule has 1 fully saturated rings. The van der Waals surface area contributed by atoms with Gasteiger partial charge in [-0.05, 0) is 19.1 Å². The zero-order chi connectivity index (χ0) is 8.98. The Labute approximate surface area is 81.7 Å². The molecule has 1 saturated carbocycles. The van der Waals surface area contributed by atoms with Crippen molar-refractivity contribution in [2.24, 2.45) is 5.92 Å². The number of alkyl halides is 2. The number of hydrogen-bond acceptors (Lipinski definition) is 1. The Morgan fingerprint density at radius 1 is 1.50 bits per heavy atom. The van der Waals surface area contributed by atoms with Gasteiger partial charge in [0.25, 0.3) is 0 Å². The fourth-order valence-corrected chi connectivity index (χ4v) is 2.53. The van der Waals surface area contributed by atoms with E-state index < -0.39 is 4.33 Å². The molecule has 0 saturated heterocycles. The predicted octanol–water partition coefficient (Wildman–Crippen LogP) is 3.36. The van der Waals surface area contributed by atoms with E-state index in [1.54, 1.807) is 6.26 Å². The minimum atomic E-state index is -0.662. The maximum absolute atomic E-state index is 6.10. The van der Waals surface area contributed by atoms with Gasteiger partial charge >= 0.3 is 0 Å². The SMILES string of the molecule is CC1C(Cl)(Cl)C1(C)c1ccco1. The molecular formula is C9H10Cl2O. The molecule has 2 rings (SSSR count). The van der Waals surface area contributed by atoms with Gasteiger partial charge in [0.1, 0.15) is 10.1 Å². The Bertz CT molecular complexity index is 291. The quantitative estimate of drug-likeness (QED) is 0.640. The highest BCUT2D eigenvalue weighted by atomic mass is 35.5. The third kappa shape index (κ3) is 0.763. The molecule has 0 spiro atoms. The van der Waals surface area contributed by atoms with Crippen molar-refractivity contribution in [3.05, 3.63) is 24.2 Å². The Morgan fingerprint density at radius 2 is 2.08 bits per heavy atom. The summed E-state index contributed by atoms with van der Waals surface area (Å²) in [6, 6.07) is 3.78. The van der Waals surface area contributed by atoms with Gasteiger partial charge in [0, 0.05) is 5.92 Å². The van der Waals surface area contributed by atoms with Crippen LogP contribution in [-0.2, 0) is 5.41 Å². The maximum atomic E-state index is 6.10. The van der Waals surface area contributed by atoms with Crippen molar-refractivity contribution in [1.82, 2.24) is 0 Å². The van der Waals surface area contributed by atoms with Crippen molar-refractivity contribution in [2.45, 2.75) is 23.6 Å². The monoisotopic (exact) mass is 204 g/mol. The smallest absolute Gasteiger partial charge is 0.134 e. The molecule has 0 aromatic carbocycles. The summed E-state index contributed by atoms with van der Waals surface area (Å²) in [5, 5.41) is 0.